The van der Waals surface area contributed by atoms with Crippen LogP contribution in [0.4, 0.5) is 0 Å². The standard InChI is InChI=1S/C16H24N2O3S/c1-13(2)12-16(19)18-10-8-14(9-11-18)17-22(20,21)15-6-4-3-5-7-15/h3-7,13-14,17H,8-12H2,1-2H3. The number of carbonyl (C=O) groups excluding carboxylic acids is 1. The van der Waals surface area contributed by atoms with Gasteiger partial charge in [-0.05, 0) is 30.9 Å². The number of likely N-dealkylation sites (tertiary alicyclic amines) is 1. The van der Waals surface area contributed by atoms with Gasteiger partial charge in [0.05, 0.1) is 4.90 Å². The molecular formula is C16H24N2O3S. The maximum atomic E-state index is 12.3. The van der Waals surface area contributed by atoms with Gasteiger partial charge in [0.25, 0.3) is 0 Å². The number of nitrogens with zero attached hydrogens (tertiary/aromatic N) is 1. The Labute approximate surface area is 132 Å². The Morgan fingerprint density at radius 3 is 2.36 bits per heavy atom. The molecule has 5 nitrogen and oxygen atoms in total. The lowest BCUT2D eigenvalue weighted by molar-refractivity contribution is -0.133. The minimum absolute atomic E-state index is 0.103. The van der Waals surface area contributed by atoms with E-state index in [-0.39, 0.29) is 16.8 Å². The summed E-state index contributed by atoms with van der Waals surface area (Å²) in [5.74, 6) is 0.515. The average Bonchev–Trinajstić information content (AvgIpc) is 2.48. The summed E-state index contributed by atoms with van der Waals surface area (Å²) in [5, 5.41) is 0. The molecule has 0 bridgehead atoms. The van der Waals surface area contributed by atoms with E-state index >= 15 is 0 Å². The molecule has 1 amide bonds. The number of sulfonamides is 1. The third-order valence-electron chi connectivity index (χ3n) is 3.81. The van der Waals surface area contributed by atoms with Crippen molar-refractivity contribution in [3.63, 3.8) is 0 Å². The van der Waals surface area contributed by atoms with E-state index in [1.54, 1.807) is 30.3 Å². The van der Waals surface area contributed by atoms with Gasteiger partial charge in [-0.2, -0.15) is 0 Å². The molecule has 0 saturated carbocycles. The van der Waals surface area contributed by atoms with E-state index in [0.717, 1.165) is 0 Å². The summed E-state index contributed by atoms with van der Waals surface area (Å²) < 4.78 is 27.3. The first-order chi connectivity index (χ1) is 10.4. The summed E-state index contributed by atoms with van der Waals surface area (Å²) in [6.45, 7) is 5.29. The third-order valence-corrected chi connectivity index (χ3v) is 5.34. The molecular weight excluding hydrogens is 300 g/mol. The van der Waals surface area contributed by atoms with Crippen molar-refractivity contribution in [2.75, 3.05) is 13.1 Å². The predicted molar refractivity (Wildman–Crippen MR) is 85.8 cm³/mol. The number of piperidine rings is 1. The summed E-state index contributed by atoms with van der Waals surface area (Å²) in [5.41, 5.74) is 0. The van der Waals surface area contributed by atoms with Crippen LogP contribution in [0.1, 0.15) is 33.1 Å². The zero-order valence-corrected chi connectivity index (χ0v) is 14.0. The minimum atomic E-state index is -3.47. The lowest BCUT2D eigenvalue weighted by atomic mass is 10.0. The highest BCUT2D eigenvalue weighted by Crippen LogP contribution is 2.16. The van der Waals surface area contributed by atoms with Crippen LogP contribution in [-0.2, 0) is 14.8 Å². The first-order valence-corrected chi connectivity index (χ1v) is 9.22. The van der Waals surface area contributed by atoms with E-state index < -0.39 is 10.0 Å². The van der Waals surface area contributed by atoms with Crippen LogP contribution in [0.2, 0.25) is 0 Å². The molecule has 6 heteroatoms. The molecule has 1 aromatic carbocycles. The van der Waals surface area contributed by atoms with Gasteiger partial charge in [0.1, 0.15) is 0 Å². The maximum absolute atomic E-state index is 12.3. The molecule has 0 radical (unpaired) electrons. The second-order valence-corrected chi connectivity index (χ2v) is 7.90. The van der Waals surface area contributed by atoms with Crippen LogP contribution < -0.4 is 4.72 Å². The van der Waals surface area contributed by atoms with Crippen molar-refractivity contribution in [2.24, 2.45) is 5.92 Å². The van der Waals surface area contributed by atoms with E-state index in [1.807, 2.05) is 18.7 Å². The van der Waals surface area contributed by atoms with Gasteiger partial charge in [-0.15, -0.1) is 0 Å². The van der Waals surface area contributed by atoms with Gasteiger partial charge in [-0.3, -0.25) is 4.79 Å². The number of amides is 1. The summed E-state index contributed by atoms with van der Waals surface area (Å²) in [7, 11) is -3.47. The molecule has 1 aliphatic heterocycles. The molecule has 1 saturated heterocycles. The van der Waals surface area contributed by atoms with Crippen molar-refractivity contribution in [1.82, 2.24) is 9.62 Å². The fourth-order valence-electron chi connectivity index (χ4n) is 2.61. The molecule has 22 heavy (non-hydrogen) atoms. The van der Waals surface area contributed by atoms with Crippen LogP contribution in [0.5, 0.6) is 0 Å². The molecule has 0 aliphatic carbocycles. The van der Waals surface area contributed by atoms with Crippen molar-refractivity contribution in [1.29, 1.82) is 0 Å². The SMILES string of the molecule is CC(C)CC(=O)N1CCC(NS(=O)(=O)c2ccccc2)CC1. The number of nitrogens with one attached hydrogen (secondary N) is 1. The van der Waals surface area contributed by atoms with Gasteiger partial charge in [0, 0.05) is 25.6 Å². The monoisotopic (exact) mass is 324 g/mol. The zero-order valence-electron chi connectivity index (χ0n) is 13.2. The highest BCUT2D eigenvalue weighted by Gasteiger charge is 2.26. The van der Waals surface area contributed by atoms with Gasteiger partial charge in [-0.1, -0.05) is 32.0 Å². The molecule has 0 aromatic heterocycles. The number of hydrogen-bond acceptors (Lipinski definition) is 3. The molecule has 0 spiro atoms. The summed E-state index contributed by atoms with van der Waals surface area (Å²) >= 11 is 0. The van der Waals surface area contributed by atoms with Crippen molar-refractivity contribution in [2.45, 2.75) is 44.0 Å². The van der Waals surface area contributed by atoms with Crippen LogP contribution >= 0.6 is 0 Å². The van der Waals surface area contributed by atoms with Gasteiger partial charge < -0.3 is 4.90 Å². The Hall–Kier alpha value is -1.40. The summed E-state index contributed by atoms with van der Waals surface area (Å²) in [6, 6.07) is 8.28. The van der Waals surface area contributed by atoms with Crippen molar-refractivity contribution in [3.8, 4) is 0 Å². The van der Waals surface area contributed by atoms with Crippen LogP contribution in [0.15, 0.2) is 35.2 Å². The molecule has 2 rings (SSSR count). The molecule has 1 heterocycles. The molecule has 1 aromatic rings. The van der Waals surface area contributed by atoms with Gasteiger partial charge in [0.15, 0.2) is 0 Å². The van der Waals surface area contributed by atoms with Crippen molar-refractivity contribution >= 4 is 15.9 Å². The van der Waals surface area contributed by atoms with Crippen LogP contribution in [0, 0.1) is 5.92 Å². The van der Waals surface area contributed by atoms with E-state index in [9.17, 15) is 13.2 Å². The van der Waals surface area contributed by atoms with Gasteiger partial charge >= 0.3 is 0 Å². The number of hydrogen-bond donors (Lipinski definition) is 1. The Morgan fingerprint density at radius 1 is 1.23 bits per heavy atom. The molecule has 1 N–H and O–H groups in total. The van der Waals surface area contributed by atoms with Crippen molar-refractivity contribution < 1.29 is 13.2 Å². The lowest BCUT2D eigenvalue weighted by Gasteiger charge is -2.32. The van der Waals surface area contributed by atoms with Crippen LogP contribution in [0.3, 0.4) is 0 Å². The normalized spacial score (nSPS) is 17.0. The first kappa shape index (κ1) is 17.0. The highest BCUT2D eigenvalue weighted by atomic mass is 32.2. The molecule has 0 unspecified atom stereocenters. The summed E-state index contributed by atoms with van der Waals surface area (Å²) in [4.78, 5) is 14.1. The fraction of sp³-hybridized carbons (Fsp3) is 0.562. The van der Waals surface area contributed by atoms with Crippen LogP contribution in [0.25, 0.3) is 0 Å². The van der Waals surface area contributed by atoms with Gasteiger partial charge in [-0.25, -0.2) is 13.1 Å². The number of rotatable bonds is 5. The second kappa shape index (κ2) is 7.24. The van der Waals surface area contributed by atoms with E-state index in [0.29, 0.717) is 38.3 Å². The van der Waals surface area contributed by atoms with Crippen LogP contribution in [-0.4, -0.2) is 38.4 Å². The van der Waals surface area contributed by atoms with E-state index in [2.05, 4.69) is 4.72 Å². The number of carbonyl (C=O) groups is 1. The number of benzene rings is 1. The minimum Gasteiger partial charge on any atom is -0.343 e. The second-order valence-electron chi connectivity index (χ2n) is 6.19. The molecule has 0 atom stereocenters. The molecule has 122 valence electrons. The largest absolute Gasteiger partial charge is 0.343 e. The fourth-order valence-corrected chi connectivity index (χ4v) is 3.94. The highest BCUT2D eigenvalue weighted by molar-refractivity contribution is 7.89. The first-order valence-electron chi connectivity index (χ1n) is 7.73. The topological polar surface area (TPSA) is 66.5 Å². The Morgan fingerprint density at radius 2 is 1.82 bits per heavy atom. The average molecular weight is 324 g/mol. The lowest BCUT2D eigenvalue weighted by Crippen LogP contribution is -2.46. The molecule has 1 aliphatic rings. The smallest absolute Gasteiger partial charge is 0.240 e. The molecule has 1 fully saturated rings. The maximum Gasteiger partial charge on any atom is 0.240 e. The Bertz CT molecular complexity index is 591. The quantitative estimate of drug-likeness (QED) is 0.901. The van der Waals surface area contributed by atoms with Crippen molar-refractivity contribution in [3.05, 3.63) is 30.3 Å². The third kappa shape index (κ3) is 4.55. The van der Waals surface area contributed by atoms with E-state index in [1.165, 1.54) is 0 Å². The Kier molecular flexibility index (Phi) is 5.58. The van der Waals surface area contributed by atoms with E-state index in [4.69, 9.17) is 0 Å². The summed E-state index contributed by atoms with van der Waals surface area (Å²) in [6.07, 6.45) is 1.88. The Balaban J connectivity index is 1.89. The predicted octanol–water partition coefficient (Wildman–Crippen LogP) is 2.00. The zero-order chi connectivity index (χ0) is 16.2. The van der Waals surface area contributed by atoms with Gasteiger partial charge in [0.2, 0.25) is 15.9 Å².